The van der Waals surface area contributed by atoms with E-state index in [1.807, 2.05) is 54.6 Å². The van der Waals surface area contributed by atoms with E-state index < -0.39 is 30.1 Å². The molecule has 4 rings (SSSR count). The summed E-state index contributed by atoms with van der Waals surface area (Å²) >= 11 is 0. The molecular formula is C27H26N2O6. The van der Waals surface area contributed by atoms with Crippen LogP contribution in [0.1, 0.15) is 22.6 Å². The summed E-state index contributed by atoms with van der Waals surface area (Å²) in [6, 6.07) is 23.0. The van der Waals surface area contributed by atoms with E-state index in [-0.39, 0.29) is 19.1 Å². The molecule has 0 aliphatic heterocycles. The maximum absolute atomic E-state index is 12.9. The SMILES string of the molecule is CN(C(=O)OCC1c2ccccc2-c2ccccc21)C(C(=O)OCc1ccccc1)C(O)C(N)=O. The van der Waals surface area contributed by atoms with Crippen molar-refractivity contribution in [3.05, 3.63) is 95.6 Å². The van der Waals surface area contributed by atoms with Crippen molar-refractivity contribution in [1.82, 2.24) is 4.90 Å². The number of amides is 2. The number of likely N-dealkylation sites (N-methyl/N-ethyl adjacent to an activating group) is 1. The van der Waals surface area contributed by atoms with E-state index in [9.17, 15) is 19.5 Å². The van der Waals surface area contributed by atoms with Crippen molar-refractivity contribution in [2.24, 2.45) is 5.73 Å². The van der Waals surface area contributed by atoms with Gasteiger partial charge in [-0.3, -0.25) is 9.69 Å². The summed E-state index contributed by atoms with van der Waals surface area (Å²) in [4.78, 5) is 38.2. The molecule has 0 saturated heterocycles. The Morgan fingerprint density at radius 2 is 1.43 bits per heavy atom. The number of nitrogens with zero attached hydrogens (tertiary/aromatic N) is 1. The molecule has 0 fully saturated rings. The predicted molar refractivity (Wildman–Crippen MR) is 128 cm³/mol. The molecule has 0 bridgehead atoms. The van der Waals surface area contributed by atoms with Gasteiger partial charge in [0.2, 0.25) is 5.91 Å². The van der Waals surface area contributed by atoms with E-state index in [1.165, 1.54) is 7.05 Å². The van der Waals surface area contributed by atoms with E-state index in [0.717, 1.165) is 27.2 Å². The van der Waals surface area contributed by atoms with Crippen LogP contribution in [0.2, 0.25) is 0 Å². The number of aliphatic hydroxyl groups is 1. The molecule has 0 radical (unpaired) electrons. The summed E-state index contributed by atoms with van der Waals surface area (Å²) in [5.74, 6) is -2.33. The van der Waals surface area contributed by atoms with Crippen LogP contribution >= 0.6 is 0 Å². The van der Waals surface area contributed by atoms with Gasteiger partial charge in [-0.2, -0.15) is 0 Å². The van der Waals surface area contributed by atoms with E-state index in [2.05, 4.69) is 0 Å². The lowest BCUT2D eigenvalue weighted by Gasteiger charge is -2.28. The van der Waals surface area contributed by atoms with Gasteiger partial charge in [-0.1, -0.05) is 78.9 Å². The molecular weight excluding hydrogens is 448 g/mol. The highest BCUT2D eigenvalue weighted by Crippen LogP contribution is 2.44. The largest absolute Gasteiger partial charge is 0.459 e. The Morgan fingerprint density at radius 3 is 2.00 bits per heavy atom. The van der Waals surface area contributed by atoms with Crippen LogP contribution < -0.4 is 5.73 Å². The number of rotatable bonds is 8. The number of carbonyl (C=O) groups excluding carboxylic acids is 3. The summed E-state index contributed by atoms with van der Waals surface area (Å²) in [5.41, 5.74) is 10.1. The Labute approximate surface area is 202 Å². The quantitative estimate of drug-likeness (QED) is 0.485. The molecule has 3 aromatic rings. The van der Waals surface area contributed by atoms with Gasteiger partial charge < -0.3 is 20.3 Å². The van der Waals surface area contributed by atoms with E-state index in [1.54, 1.807) is 24.3 Å². The number of hydrogen-bond donors (Lipinski definition) is 2. The maximum atomic E-state index is 12.9. The first kappa shape index (κ1) is 24.0. The molecule has 3 aromatic carbocycles. The lowest BCUT2D eigenvalue weighted by Crippen LogP contribution is -2.55. The Bertz CT molecular complexity index is 1180. The molecule has 180 valence electrons. The molecule has 8 heteroatoms. The lowest BCUT2D eigenvalue weighted by molar-refractivity contribution is -0.157. The fourth-order valence-corrected chi connectivity index (χ4v) is 4.28. The molecule has 35 heavy (non-hydrogen) atoms. The van der Waals surface area contributed by atoms with Crippen molar-refractivity contribution < 1.29 is 29.0 Å². The second kappa shape index (κ2) is 10.4. The number of hydrogen-bond acceptors (Lipinski definition) is 6. The molecule has 0 aromatic heterocycles. The number of esters is 1. The van der Waals surface area contributed by atoms with Gasteiger partial charge in [0.25, 0.3) is 0 Å². The van der Waals surface area contributed by atoms with Gasteiger partial charge in [0, 0.05) is 13.0 Å². The highest BCUT2D eigenvalue weighted by atomic mass is 16.6. The third-order valence-electron chi connectivity index (χ3n) is 6.10. The molecule has 0 spiro atoms. The Kier molecular flexibility index (Phi) is 7.12. The maximum Gasteiger partial charge on any atom is 0.410 e. The molecule has 3 N–H and O–H groups in total. The predicted octanol–water partition coefficient (Wildman–Crippen LogP) is 2.83. The highest BCUT2D eigenvalue weighted by molar-refractivity contribution is 5.90. The molecule has 1 aliphatic carbocycles. The van der Waals surface area contributed by atoms with Crippen LogP contribution in [-0.2, 0) is 25.7 Å². The molecule has 8 nitrogen and oxygen atoms in total. The third kappa shape index (κ3) is 5.02. The first-order valence-corrected chi connectivity index (χ1v) is 11.1. The van der Waals surface area contributed by atoms with Crippen molar-refractivity contribution in [3.63, 3.8) is 0 Å². The van der Waals surface area contributed by atoms with Crippen LogP contribution in [0.5, 0.6) is 0 Å². The Balaban J connectivity index is 1.47. The van der Waals surface area contributed by atoms with Crippen LogP contribution in [0, 0.1) is 0 Å². The van der Waals surface area contributed by atoms with Gasteiger partial charge >= 0.3 is 12.1 Å². The monoisotopic (exact) mass is 474 g/mol. The summed E-state index contributed by atoms with van der Waals surface area (Å²) in [5, 5.41) is 10.3. The zero-order chi connectivity index (χ0) is 24.9. The van der Waals surface area contributed by atoms with Gasteiger partial charge in [-0.25, -0.2) is 9.59 Å². The van der Waals surface area contributed by atoms with Crippen molar-refractivity contribution in [2.75, 3.05) is 13.7 Å². The van der Waals surface area contributed by atoms with Gasteiger partial charge in [0.1, 0.15) is 13.2 Å². The van der Waals surface area contributed by atoms with Gasteiger partial charge in [-0.15, -0.1) is 0 Å². The first-order chi connectivity index (χ1) is 16.9. The number of ether oxygens (including phenoxy) is 2. The Hall–Kier alpha value is -4.17. The molecule has 2 atom stereocenters. The van der Waals surface area contributed by atoms with Crippen molar-refractivity contribution in [2.45, 2.75) is 24.7 Å². The minimum absolute atomic E-state index is 0.00957. The van der Waals surface area contributed by atoms with Crippen molar-refractivity contribution >= 4 is 18.0 Å². The van der Waals surface area contributed by atoms with Crippen LogP contribution in [0.25, 0.3) is 11.1 Å². The zero-order valence-electron chi connectivity index (χ0n) is 19.2. The van der Waals surface area contributed by atoms with E-state index >= 15 is 0 Å². The van der Waals surface area contributed by atoms with Gasteiger partial charge in [0.15, 0.2) is 12.1 Å². The molecule has 1 aliphatic rings. The second-order valence-corrected chi connectivity index (χ2v) is 8.30. The van der Waals surface area contributed by atoms with Gasteiger partial charge in [-0.05, 0) is 27.8 Å². The number of primary amides is 1. The summed E-state index contributed by atoms with van der Waals surface area (Å²) in [7, 11) is 1.25. The highest BCUT2D eigenvalue weighted by Gasteiger charge is 2.39. The van der Waals surface area contributed by atoms with Crippen LogP contribution in [0.4, 0.5) is 4.79 Å². The normalized spacial score (nSPS) is 13.8. The van der Waals surface area contributed by atoms with Crippen LogP contribution in [-0.4, -0.2) is 53.8 Å². The zero-order valence-corrected chi connectivity index (χ0v) is 19.2. The molecule has 2 amide bonds. The minimum atomic E-state index is -1.97. The summed E-state index contributed by atoms with van der Waals surface area (Å²) in [6.07, 6.45) is -2.86. The topological polar surface area (TPSA) is 119 Å². The summed E-state index contributed by atoms with van der Waals surface area (Å²) in [6.45, 7) is -0.0875. The minimum Gasteiger partial charge on any atom is -0.459 e. The van der Waals surface area contributed by atoms with Crippen LogP contribution in [0.3, 0.4) is 0 Å². The standard InChI is InChI=1S/C27H26N2O6/c1-29(23(24(30)25(28)31)26(32)34-15-17-9-3-2-4-10-17)27(33)35-16-22-20-13-7-5-11-18(20)19-12-6-8-14-21(19)22/h2-14,22-24,30H,15-16H2,1H3,(H2,28,31). The van der Waals surface area contributed by atoms with E-state index in [4.69, 9.17) is 15.2 Å². The number of aliphatic hydroxyl groups excluding tert-OH is 1. The van der Waals surface area contributed by atoms with Gasteiger partial charge in [0.05, 0.1) is 0 Å². The van der Waals surface area contributed by atoms with E-state index in [0.29, 0.717) is 5.56 Å². The van der Waals surface area contributed by atoms with Crippen LogP contribution in [0.15, 0.2) is 78.9 Å². The smallest absolute Gasteiger partial charge is 0.410 e. The average Bonchev–Trinajstić information content (AvgIpc) is 3.20. The number of fused-ring (bicyclic) bond motifs is 3. The number of carbonyl (C=O) groups is 3. The number of benzene rings is 3. The fourth-order valence-electron chi connectivity index (χ4n) is 4.28. The average molecular weight is 475 g/mol. The molecule has 2 unspecified atom stereocenters. The lowest BCUT2D eigenvalue weighted by atomic mass is 9.98. The summed E-state index contributed by atoms with van der Waals surface area (Å²) < 4.78 is 10.8. The first-order valence-electron chi connectivity index (χ1n) is 11.1. The second-order valence-electron chi connectivity index (χ2n) is 8.30. The Morgan fingerprint density at radius 1 is 0.886 bits per heavy atom. The fraction of sp³-hybridized carbons (Fsp3) is 0.222. The molecule has 0 saturated carbocycles. The third-order valence-corrected chi connectivity index (χ3v) is 6.10. The number of nitrogens with two attached hydrogens (primary N) is 1. The van der Waals surface area contributed by atoms with Crippen molar-refractivity contribution in [1.29, 1.82) is 0 Å². The van der Waals surface area contributed by atoms with Crippen molar-refractivity contribution in [3.8, 4) is 11.1 Å². The molecule has 0 heterocycles.